The molecule has 0 aliphatic carbocycles. The van der Waals surface area contributed by atoms with Crippen LogP contribution in [0, 0.1) is 0 Å². The molecular weight excluding hydrogens is 721 g/mol. The molecule has 0 amide bonds. The first-order valence-corrected chi connectivity index (χ1v) is 23.9. The first kappa shape index (κ1) is 54.9. The number of hydrogen-bond acceptors (Lipinski definition) is 6. The van der Waals surface area contributed by atoms with Crippen LogP contribution in [0.1, 0.15) is 220 Å². The van der Waals surface area contributed by atoms with Crippen LogP contribution in [-0.2, 0) is 28.6 Å². The Kier molecular flexibility index (Phi) is 44.0. The van der Waals surface area contributed by atoms with Crippen molar-refractivity contribution in [2.45, 2.75) is 226 Å². The molecule has 0 aliphatic rings. The quantitative estimate of drug-likeness (QED) is 0.0264. The lowest BCUT2D eigenvalue weighted by Gasteiger charge is -2.18. The Bertz CT molecular complexity index is 1110. The number of unbranched alkanes of at least 4 members (excludes halogenated alkanes) is 19. The Labute approximate surface area is 357 Å². The van der Waals surface area contributed by atoms with Crippen molar-refractivity contribution in [3.8, 4) is 0 Å². The maximum absolute atomic E-state index is 12.7. The standard InChI is InChI=1S/C52H88O6/c1-4-7-10-13-16-19-22-25-28-30-33-36-39-42-45-51(54)57-48-49(58-52(55)46-43-40-37-34-31-27-24-21-18-15-12-9-6-3)47-56-50(53)44-41-38-35-32-29-26-23-20-17-14-11-8-5-2/h9,11-12,14,18,20-21,23,27,31,37,40,49H,4-8,10,13,15-17,19,22,24-26,28-30,32-36,38-39,41-48H2,1-3H3/b12-9-,14-11-,21-18-,23-20-,31-27-,40-37-. The van der Waals surface area contributed by atoms with Crippen molar-refractivity contribution < 1.29 is 28.6 Å². The molecular formula is C52H88O6. The lowest BCUT2D eigenvalue weighted by Crippen LogP contribution is -2.30. The number of esters is 3. The van der Waals surface area contributed by atoms with E-state index in [9.17, 15) is 14.4 Å². The van der Waals surface area contributed by atoms with Gasteiger partial charge in [0.05, 0.1) is 0 Å². The SMILES string of the molecule is CC/C=C\C/C=C\C/C=C\C/C=C\CCC(=O)OC(COC(=O)CCCCCCC/C=C\C/C=C\CCC)COC(=O)CCCCCCCCCCCCCCCC. The van der Waals surface area contributed by atoms with E-state index < -0.39 is 12.1 Å². The van der Waals surface area contributed by atoms with Crippen LogP contribution in [0.4, 0.5) is 0 Å². The van der Waals surface area contributed by atoms with Gasteiger partial charge in [-0.3, -0.25) is 14.4 Å². The maximum atomic E-state index is 12.7. The van der Waals surface area contributed by atoms with Gasteiger partial charge in [-0.1, -0.05) is 203 Å². The molecule has 6 heteroatoms. The van der Waals surface area contributed by atoms with E-state index in [-0.39, 0.29) is 31.6 Å². The lowest BCUT2D eigenvalue weighted by atomic mass is 10.0. The average molecular weight is 809 g/mol. The molecule has 0 aromatic heterocycles. The third kappa shape index (κ3) is 44.0. The number of carbonyl (C=O) groups is 3. The van der Waals surface area contributed by atoms with Gasteiger partial charge in [0.1, 0.15) is 13.2 Å². The van der Waals surface area contributed by atoms with Crippen LogP contribution in [-0.4, -0.2) is 37.2 Å². The molecule has 6 nitrogen and oxygen atoms in total. The van der Waals surface area contributed by atoms with Crippen molar-refractivity contribution in [3.63, 3.8) is 0 Å². The molecule has 0 heterocycles. The highest BCUT2D eigenvalue weighted by molar-refractivity contribution is 5.71. The van der Waals surface area contributed by atoms with Gasteiger partial charge in [-0.15, -0.1) is 0 Å². The lowest BCUT2D eigenvalue weighted by molar-refractivity contribution is -0.166. The molecule has 1 unspecified atom stereocenters. The van der Waals surface area contributed by atoms with Crippen molar-refractivity contribution in [2.24, 2.45) is 0 Å². The molecule has 0 spiro atoms. The predicted molar refractivity (Wildman–Crippen MR) is 247 cm³/mol. The molecule has 0 radical (unpaired) electrons. The van der Waals surface area contributed by atoms with E-state index in [0.29, 0.717) is 19.3 Å². The Balaban J connectivity index is 4.48. The second-order valence-corrected chi connectivity index (χ2v) is 15.6. The van der Waals surface area contributed by atoms with Gasteiger partial charge in [-0.25, -0.2) is 0 Å². The molecule has 0 bridgehead atoms. The zero-order valence-corrected chi connectivity index (χ0v) is 37.8. The fourth-order valence-corrected chi connectivity index (χ4v) is 6.37. The van der Waals surface area contributed by atoms with Gasteiger partial charge in [0.15, 0.2) is 6.10 Å². The summed E-state index contributed by atoms with van der Waals surface area (Å²) in [7, 11) is 0. The Morgan fingerprint density at radius 3 is 1.19 bits per heavy atom. The number of hydrogen-bond donors (Lipinski definition) is 0. The molecule has 0 fully saturated rings. The molecule has 1 atom stereocenters. The van der Waals surface area contributed by atoms with Gasteiger partial charge >= 0.3 is 17.9 Å². The summed E-state index contributed by atoms with van der Waals surface area (Å²) in [5, 5.41) is 0. The largest absolute Gasteiger partial charge is 0.462 e. The highest BCUT2D eigenvalue weighted by Gasteiger charge is 2.19. The fourth-order valence-electron chi connectivity index (χ4n) is 6.37. The Morgan fingerprint density at radius 2 is 0.741 bits per heavy atom. The molecule has 0 rings (SSSR count). The zero-order chi connectivity index (χ0) is 42.3. The van der Waals surface area contributed by atoms with Gasteiger partial charge in [-0.2, -0.15) is 0 Å². The minimum Gasteiger partial charge on any atom is -0.462 e. The summed E-state index contributed by atoms with van der Waals surface area (Å²) in [6.45, 7) is 6.37. The van der Waals surface area contributed by atoms with E-state index in [4.69, 9.17) is 14.2 Å². The summed E-state index contributed by atoms with van der Waals surface area (Å²) in [4.78, 5) is 37.8. The third-order valence-electron chi connectivity index (χ3n) is 9.94. The molecule has 58 heavy (non-hydrogen) atoms. The second-order valence-electron chi connectivity index (χ2n) is 15.6. The van der Waals surface area contributed by atoms with Gasteiger partial charge in [0.2, 0.25) is 0 Å². The number of rotatable bonds is 42. The molecule has 0 aliphatic heterocycles. The van der Waals surface area contributed by atoms with Crippen molar-refractivity contribution >= 4 is 17.9 Å². The van der Waals surface area contributed by atoms with Gasteiger partial charge in [0, 0.05) is 19.3 Å². The first-order chi connectivity index (χ1) is 28.5. The minimum absolute atomic E-state index is 0.107. The van der Waals surface area contributed by atoms with Crippen molar-refractivity contribution in [1.29, 1.82) is 0 Å². The monoisotopic (exact) mass is 809 g/mol. The fraction of sp³-hybridized carbons (Fsp3) is 0.712. The molecule has 0 N–H and O–H groups in total. The van der Waals surface area contributed by atoms with E-state index in [1.165, 1.54) is 77.0 Å². The van der Waals surface area contributed by atoms with E-state index in [1.807, 2.05) is 12.2 Å². The smallest absolute Gasteiger partial charge is 0.306 e. The van der Waals surface area contributed by atoms with Crippen molar-refractivity contribution in [1.82, 2.24) is 0 Å². The van der Waals surface area contributed by atoms with Gasteiger partial charge in [-0.05, 0) is 70.6 Å². The van der Waals surface area contributed by atoms with E-state index in [0.717, 1.165) is 96.3 Å². The van der Waals surface area contributed by atoms with Crippen LogP contribution in [0.3, 0.4) is 0 Å². The van der Waals surface area contributed by atoms with Crippen LogP contribution >= 0.6 is 0 Å². The minimum atomic E-state index is -0.815. The molecule has 0 saturated heterocycles. The predicted octanol–water partition coefficient (Wildman–Crippen LogP) is 15.5. The van der Waals surface area contributed by atoms with E-state index in [2.05, 4.69) is 81.5 Å². The zero-order valence-electron chi connectivity index (χ0n) is 37.8. The summed E-state index contributed by atoms with van der Waals surface area (Å²) in [5.74, 6) is -1.01. The summed E-state index contributed by atoms with van der Waals surface area (Å²) in [6, 6.07) is 0. The highest BCUT2D eigenvalue weighted by Crippen LogP contribution is 2.14. The summed E-state index contributed by atoms with van der Waals surface area (Å²) >= 11 is 0. The van der Waals surface area contributed by atoms with E-state index in [1.54, 1.807) is 0 Å². The summed E-state index contributed by atoms with van der Waals surface area (Å²) in [5.41, 5.74) is 0. The van der Waals surface area contributed by atoms with Crippen molar-refractivity contribution in [3.05, 3.63) is 72.9 Å². The summed E-state index contributed by atoms with van der Waals surface area (Å²) < 4.78 is 16.7. The third-order valence-corrected chi connectivity index (χ3v) is 9.94. The normalized spacial score (nSPS) is 12.7. The average Bonchev–Trinajstić information content (AvgIpc) is 3.22. The van der Waals surface area contributed by atoms with Crippen LogP contribution in [0.5, 0.6) is 0 Å². The summed E-state index contributed by atoms with van der Waals surface area (Å²) in [6.07, 6.45) is 57.5. The van der Waals surface area contributed by atoms with Crippen LogP contribution < -0.4 is 0 Å². The Hall–Kier alpha value is -3.15. The van der Waals surface area contributed by atoms with Gasteiger partial charge < -0.3 is 14.2 Å². The van der Waals surface area contributed by atoms with Gasteiger partial charge in [0.25, 0.3) is 0 Å². The molecule has 0 saturated carbocycles. The number of carbonyl (C=O) groups excluding carboxylic acids is 3. The van der Waals surface area contributed by atoms with Crippen LogP contribution in [0.2, 0.25) is 0 Å². The second kappa shape index (κ2) is 46.5. The van der Waals surface area contributed by atoms with E-state index >= 15 is 0 Å². The highest BCUT2D eigenvalue weighted by atomic mass is 16.6. The molecule has 0 aromatic carbocycles. The van der Waals surface area contributed by atoms with Crippen molar-refractivity contribution in [2.75, 3.05) is 13.2 Å². The molecule has 332 valence electrons. The van der Waals surface area contributed by atoms with Crippen LogP contribution in [0.15, 0.2) is 72.9 Å². The number of allylic oxidation sites excluding steroid dienone is 12. The topological polar surface area (TPSA) is 78.9 Å². The first-order valence-electron chi connectivity index (χ1n) is 23.9. The number of ether oxygens (including phenoxy) is 3. The molecule has 0 aromatic rings. The Morgan fingerprint density at radius 1 is 0.362 bits per heavy atom. The van der Waals surface area contributed by atoms with Crippen LogP contribution in [0.25, 0.3) is 0 Å². The maximum Gasteiger partial charge on any atom is 0.306 e.